The molecule has 0 atom stereocenters. The first-order chi connectivity index (χ1) is 11.0. The summed E-state index contributed by atoms with van der Waals surface area (Å²) in [5.41, 5.74) is 5.72. The largest absolute Gasteiger partial charge is 0.507 e. The van der Waals surface area contributed by atoms with Gasteiger partial charge < -0.3 is 10.8 Å². The highest BCUT2D eigenvalue weighted by atomic mass is 19.1. The van der Waals surface area contributed by atoms with Crippen molar-refractivity contribution in [1.82, 2.24) is 0 Å². The van der Waals surface area contributed by atoms with Crippen molar-refractivity contribution in [2.75, 3.05) is 0 Å². The Kier molecular flexibility index (Phi) is 5.04. The number of carbonyl (C=O) groups is 2. The molecule has 5 heteroatoms. The van der Waals surface area contributed by atoms with Crippen LogP contribution in [0, 0.1) is 5.82 Å². The molecule has 0 saturated heterocycles. The number of amides is 1. The number of halogens is 1. The Morgan fingerprint density at radius 3 is 2.35 bits per heavy atom. The van der Waals surface area contributed by atoms with E-state index in [1.165, 1.54) is 24.3 Å². The topological polar surface area (TPSA) is 80.4 Å². The fraction of sp³-hybridized carbons (Fsp3) is 0. The Bertz CT molecular complexity index is 795. The summed E-state index contributed by atoms with van der Waals surface area (Å²) in [7, 11) is 0. The number of benzene rings is 2. The third-order valence-electron chi connectivity index (χ3n) is 3.05. The number of carbonyl (C=O) groups excluding carboxylic acids is 2. The number of primary amides is 1. The molecule has 0 heterocycles. The number of aliphatic hydroxyl groups is 1. The first-order valence-electron chi connectivity index (χ1n) is 6.75. The summed E-state index contributed by atoms with van der Waals surface area (Å²) >= 11 is 0. The molecule has 4 nitrogen and oxygen atoms in total. The lowest BCUT2D eigenvalue weighted by Gasteiger charge is -2.02. The predicted octanol–water partition coefficient (Wildman–Crippen LogP) is 3.11. The van der Waals surface area contributed by atoms with E-state index in [9.17, 15) is 19.1 Å². The van der Waals surface area contributed by atoms with Crippen LogP contribution in [0.4, 0.5) is 4.39 Å². The van der Waals surface area contributed by atoms with Gasteiger partial charge in [-0.25, -0.2) is 4.39 Å². The Labute approximate surface area is 132 Å². The molecular weight excluding hydrogens is 297 g/mol. The minimum Gasteiger partial charge on any atom is -0.507 e. The van der Waals surface area contributed by atoms with E-state index >= 15 is 0 Å². The smallest absolute Gasteiger partial charge is 0.245 e. The zero-order valence-electron chi connectivity index (χ0n) is 12.1. The summed E-state index contributed by atoms with van der Waals surface area (Å²) in [5, 5.41) is 9.59. The molecule has 2 aromatic carbocycles. The summed E-state index contributed by atoms with van der Waals surface area (Å²) < 4.78 is 14.0. The van der Waals surface area contributed by atoms with E-state index in [1.807, 2.05) is 0 Å². The normalized spacial score (nSPS) is 11.6. The summed E-state index contributed by atoms with van der Waals surface area (Å²) in [6, 6.07) is 12.5. The molecule has 2 rings (SSSR count). The number of nitrogens with two attached hydrogens (primary N) is 1. The first-order valence-corrected chi connectivity index (χ1v) is 6.75. The van der Waals surface area contributed by atoms with Gasteiger partial charge in [-0.05, 0) is 18.2 Å². The molecular formula is C18H14FNO3. The molecule has 0 spiro atoms. The quantitative estimate of drug-likeness (QED) is 0.506. The maximum atomic E-state index is 14.0. The van der Waals surface area contributed by atoms with Gasteiger partial charge in [0.05, 0.1) is 0 Å². The van der Waals surface area contributed by atoms with E-state index in [1.54, 1.807) is 30.3 Å². The van der Waals surface area contributed by atoms with E-state index in [0.29, 0.717) is 5.56 Å². The molecule has 0 saturated carbocycles. The number of ketones is 1. The molecule has 3 N–H and O–H groups in total. The molecule has 23 heavy (non-hydrogen) atoms. The van der Waals surface area contributed by atoms with Crippen molar-refractivity contribution < 1.29 is 19.1 Å². The molecule has 1 amide bonds. The van der Waals surface area contributed by atoms with Crippen molar-refractivity contribution in [3.05, 3.63) is 83.2 Å². The lowest BCUT2D eigenvalue weighted by molar-refractivity contribution is -0.113. The van der Waals surface area contributed by atoms with Gasteiger partial charge in [0, 0.05) is 22.8 Å². The van der Waals surface area contributed by atoms with Crippen LogP contribution in [-0.2, 0) is 4.79 Å². The minimum absolute atomic E-state index is 0.118. The monoisotopic (exact) mass is 311 g/mol. The Hall–Kier alpha value is -3.21. The van der Waals surface area contributed by atoms with Crippen molar-refractivity contribution in [3.63, 3.8) is 0 Å². The molecule has 0 aliphatic rings. The van der Waals surface area contributed by atoms with Crippen LogP contribution in [0.3, 0.4) is 0 Å². The van der Waals surface area contributed by atoms with Crippen LogP contribution in [0.25, 0.3) is 11.8 Å². The molecule has 2 aromatic rings. The van der Waals surface area contributed by atoms with Gasteiger partial charge in [0.1, 0.15) is 11.6 Å². The molecule has 0 aliphatic heterocycles. The van der Waals surface area contributed by atoms with Gasteiger partial charge in [0.2, 0.25) is 5.91 Å². The van der Waals surface area contributed by atoms with Crippen molar-refractivity contribution in [2.45, 2.75) is 0 Å². The molecule has 0 bridgehead atoms. The van der Waals surface area contributed by atoms with Crippen molar-refractivity contribution in [1.29, 1.82) is 0 Å². The number of hydrogen-bond acceptors (Lipinski definition) is 3. The van der Waals surface area contributed by atoms with E-state index in [0.717, 1.165) is 12.1 Å². The number of rotatable bonds is 5. The second-order valence-corrected chi connectivity index (χ2v) is 4.73. The van der Waals surface area contributed by atoms with Gasteiger partial charge in [-0.3, -0.25) is 9.59 Å². The van der Waals surface area contributed by atoms with Crippen molar-refractivity contribution in [3.8, 4) is 0 Å². The average molecular weight is 311 g/mol. The zero-order valence-corrected chi connectivity index (χ0v) is 12.1. The molecule has 0 unspecified atom stereocenters. The third kappa shape index (κ3) is 4.38. The SMILES string of the molecule is NC(=O)C=C(O)c1ccc(C=CC(=O)c2ccccc2)c(F)c1. The van der Waals surface area contributed by atoms with Crippen LogP contribution in [0.15, 0.2) is 60.7 Å². The van der Waals surface area contributed by atoms with E-state index < -0.39 is 17.5 Å². The van der Waals surface area contributed by atoms with Gasteiger partial charge in [-0.1, -0.05) is 42.5 Å². The highest BCUT2D eigenvalue weighted by Crippen LogP contribution is 2.17. The summed E-state index contributed by atoms with van der Waals surface area (Å²) in [6.07, 6.45) is 3.42. The van der Waals surface area contributed by atoms with Crippen LogP contribution in [0.5, 0.6) is 0 Å². The Balaban J connectivity index is 2.20. The Morgan fingerprint density at radius 1 is 1.04 bits per heavy atom. The highest BCUT2D eigenvalue weighted by molar-refractivity contribution is 6.06. The van der Waals surface area contributed by atoms with Crippen LogP contribution >= 0.6 is 0 Å². The van der Waals surface area contributed by atoms with E-state index in [4.69, 9.17) is 5.73 Å². The first kappa shape index (κ1) is 16.2. The van der Waals surface area contributed by atoms with E-state index in [-0.39, 0.29) is 16.9 Å². The van der Waals surface area contributed by atoms with Crippen molar-refractivity contribution >= 4 is 23.5 Å². The van der Waals surface area contributed by atoms with E-state index in [2.05, 4.69) is 0 Å². The van der Waals surface area contributed by atoms with Crippen molar-refractivity contribution in [2.24, 2.45) is 5.73 Å². The second-order valence-electron chi connectivity index (χ2n) is 4.73. The maximum Gasteiger partial charge on any atom is 0.245 e. The summed E-state index contributed by atoms with van der Waals surface area (Å²) in [6.45, 7) is 0. The number of aliphatic hydroxyl groups excluding tert-OH is 1. The second kappa shape index (κ2) is 7.17. The maximum absolute atomic E-state index is 14.0. The van der Waals surface area contributed by atoms with Crippen LogP contribution < -0.4 is 5.73 Å². The minimum atomic E-state index is -0.833. The molecule has 0 aromatic heterocycles. The summed E-state index contributed by atoms with van der Waals surface area (Å²) in [4.78, 5) is 22.6. The lowest BCUT2D eigenvalue weighted by Crippen LogP contribution is -2.07. The molecule has 0 radical (unpaired) electrons. The predicted molar refractivity (Wildman–Crippen MR) is 86.0 cm³/mol. The fourth-order valence-electron chi connectivity index (χ4n) is 1.90. The van der Waals surface area contributed by atoms with Crippen LogP contribution in [-0.4, -0.2) is 16.8 Å². The molecule has 116 valence electrons. The highest BCUT2D eigenvalue weighted by Gasteiger charge is 2.06. The van der Waals surface area contributed by atoms with Crippen LogP contribution in [0.2, 0.25) is 0 Å². The van der Waals surface area contributed by atoms with Gasteiger partial charge in [-0.15, -0.1) is 0 Å². The van der Waals surface area contributed by atoms with Gasteiger partial charge in [0.15, 0.2) is 5.78 Å². The lowest BCUT2D eigenvalue weighted by atomic mass is 10.1. The van der Waals surface area contributed by atoms with Gasteiger partial charge in [0.25, 0.3) is 0 Å². The zero-order chi connectivity index (χ0) is 16.8. The number of hydrogen-bond donors (Lipinski definition) is 2. The molecule has 0 aliphatic carbocycles. The Morgan fingerprint density at radius 2 is 1.74 bits per heavy atom. The third-order valence-corrected chi connectivity index (χ3v) is 3.05. The van der Waals surface area contributed by atoms with Crippen LogP contribution in [0.1, 0.15) is 21.5 Å². The average Bonchev–Trinajstić information content (AvgIpc) is 2.53. The molecule has 0 fully saturated rings. The van der Waals surface area contributed by atoms with Gasteiger partial charge >= 0.3 is 0 Å². The van der Waals surface area contributed by atoms with Gasteiger partial charge in [-0.2, -0.15) is 0 Å². The summed E-state index contributed by atoms with van der Waals surface area (Å²) in [5.74, 6) is -2.14. The number of allylic oxidation sites excluding steroid dienone is 1. The standard InChI is InChI=1S/C18H14FNO3/c19-15-10-14(17(22)11-18(20)23)7-6-12(15)8-9-16(21)13-4-2-1-3-5-13/h1-11,22H,(H2,20,23). The fourth-order valence-corrected chi connectivity index (χ4v) is 1.90.